The van der Waals surface area contributed by atoms with E-state index < -0.39 is 49.4 Å². The van der Waals surface area contributed by atoms with Gasteiger partial charge >= 0.3 is 19.4 Å². The number of nitrogens with two attached hydrogens (primary N) is 1. The lowest BCUT2D eigenvalue weighted by molar-refractivity contribution is -0.154. The van der Waals surface area contributed by atoms with Crippen LogP contribution in [0.25, 0.3) is 10.8 Å². The number of carbonyl (C=O) groups is 1. The van der Waals surface area contributed by atoms with E-state index in [9.17, 15) is 14.2 Å². The van der Waals surface area contributed by atoms with Gasteiger partial charge in [-0.15, -0.1) is 0 Å². The number of benzene rings is 2. The zero-order chi connectivity index (χ0) is 29.9. The lowest BCUT2D eigenvalue weighted by Crippen LogP contribution is -2.59. The second kappa shape index (κ2) is 12.3. The summed E-state index contributed by atoms with van der Waals surface area (Å²) in [5, 5.41) is 4.18. The average molecular weight is 591 g/mol. The normalized spacial score (nSPS) is 25.0. The summed E-state index contributed by atoms with van der Waals surface area (Å²) in [6.07, 6.45) is -2.35. The van der Waals surface area contributed by atoms with Crippen molar-refractivity contribution >= 4 is 30.3 Å². The third-order valence-corrected chi connectivity index (χ3v) is 8.75. The molecule has 1 aromatic heterocycles. The summed E-state index contributed by atoms with van der Waals surface area (Å²) in [6, 6.07) is 13.0. The molecule has 2 heterocycles. The number of nitrogens with zero attached hydrogens (tertiary/aromatic N) is 2. The van der Waals surface area contributed by atoms with E-state index in [4.69, 9.17) is 24.3 Å². The highest BCUT2D eigenvalue weighted by molar-refractivity contribution is 7.52. The van der Waals surface area contributed by atoms with E-state index in [1.807, 2.05) is 24.3 Å². The molecule has 0 amide bonds. The molecule has 0 aliphatic carbocycles. The van der Waals surface area contributed by atoms with Crippen LogP contribution >= 0.6 is 7.75 Å². The molecule has 0 saturated carbocycles. The van der Waals surface area contributed by atoms with Gasteiger partial charge in [0.15, 0.2) is 0 Å². The van der Waals surface area contributed by atoms with Gasteiger partial charge in [-0.25, -0.2) is 13.8 Å². The average Bonchev–Trinajstić information content (AvgIpc) is 2.90. The molecule has 1 fully saturated rings. The van der Waals surface area contributed by atoms with E-state index in [1.54, 1.807) is 45.9 Å². The number of fused-ring (bicyclic) bond motifs is 1. The molecule has 3 N–H and O–H groups in total. The van der Waals surface area contributed by atoms with E-state index >= 15 is 4.39 Å². The van der Waals surface area contributed by atoms with Crippen LogP contribution in [0, 0.1) is 0 Å². The molecule has 1 aliphatic heterocycles. The van der Waals surface area contributed by atoms with E-state index in [0.29, 0.717) is 5.39 Å². The number of ether oxygens (including phenoxy) is 2. The molecule has 11 nitrogen and oxygen atoms in total. The van der Waals surface area contributed by atoms with Crippen LogP contribution in [0.2, 0.25) is 0 Å². The summed E-state index contributed by atoms with van der Waals surface area (Å²) >= 11 is 0. The maximum absolute atomic E-state index is 15.7. The van der Waals surface area contributed by atoms with Crippen molar-refractivity contribution in [2.75, 3.05) is 12.3 Å². The SMILES string of the molecule is CC(C)OC(=O)C(C)NP(=O)(OCC1CC(F)C(C)(n2ccc(N)nc2=O)C(C)O1)Oc1cccc2ccccc12. The largest absolute Gasteiger partial charge is 0.462 e. The molecule has 6 unspecified atom stereocenters. The van der Waals surface area contributed by atoms with Crippen molar-refractivity contribution in [3.05, 3.63) is 65.2 Å². The lowest BCUT2D eigenvalue weighted by Gasteiger charge is -2.46. The number of aromatic nitrogens is 2. The maximum atomic E-state index is 15.7. The van der Waals surface area contributed by atoms with Crippen molar-refractivity contribution < 1.29 is 32.3 Å². The Bertz CT molecular complexity index is 1480. The van der Waals surface area contributed by atoms with Gasteiger partial charge in [-0.3, -0.25) is 13.9 Å². The summed E-state index contributed by atoms with van der Waals surface area (Å²) in [6.45, 7) is 7.76. The Hall–Kier alpha value is -3.31. The first-order valence-electron chi connectivity index (χ1n) is 13.4. The molecule has 0 radical (unpaired) electrons. The van der Waals surface area contributed by atoms with E-state index in [2.05, 4.69) is 10.1 Å². The van der Waals surface area contributed by atoms with Gasteiger partial charge in [-0.05, 0) is 52.1 Å². The van der Waals surface area contributed by atoms with Crippen molar-refractivity contribution in [3.8, 4) is 5.75 Å². The fourth-order valence-electron chi connectivity index (χ4n) is 4.74. The molecule has 0 spiro atoms. The van der Waals surface area contributed by atoms with Crippen molar-refractivity contribution in [2.24, 2.45) is 0 Å². The number of hydrogen-bond acceptors (Lipinski definition) is 9. The molecule has 1 saturated heterocycles. The topological polar surface area (TPSA) is 144 Å². The number of hydrogen-bond donors (Lipinski definition) is 2. The number of nitrogens with one attached hydrogen (secondary N) is 1. The van der Waals surface area contributed by atoms with Gasteiger partial charge in [-0.1, -0.05) is 36.4 Å². The molecule has 1 aliphatic rings. The smallest absolute Gasteiger partial charge is 0.459 e. The Morgan fingerprint density at radius 1 is 1.24 bits per heavy atom. The minimum atomic E-state index is -4.24. The van der Waals surface area contributed by atoms with Crippen molar-refractivity contribution in [1.82, 2.24) is 14.6 Å². The fraction of sp³-hybridized carbons (Fsp3) is 0.464. The predicted octanol–water partition coefficient (Wildman–Crippen LogP) is 4.34. The van der Waals surface area contributed by atoms with Crippen LogP contribution in [0.4, 0.5) is 10.2 Å². The number of nitrogen functional groups attached to an aromatic ring is 1. The Balaban J connectivity index is 1.55. The highest BCUT2D eigenvalue weighted by Crippen LogP contribution is 2.48. The van der Waals surface area contributed by atoms with Crippen molar-refractivity contribution in [2.45, 2.75) is 77.1 Å². The minimum Gasteiger partial charge on any atom is -0.462 e. The second-order valence-corrected chi connectivity index (χ2v) is 12.2. The van der Waals surface area contributed by atoms with Crippen molar-refractivity contribution in [3.63, 3.8) is 0 Å². The Kier molecular flexibility index (Phi) is 9.18. The van der Waals surface area contributed by atoms with Gasteiger partial charge in [0.05, 0.1) is 24.9 Å². The van der Waals surface area contributed by atoms with Crippen LogP contribution in [0.3, 0.4) is 0 Å². The first-order valence-corrected chi connectivity index (χ1v) is 14.9. The number of carbonyl (C=O) groups excluding carboxylic acids is 1. The summed E-state index contributed by atoms with van der Waals surface area (Å²) < 4.78 is 54.0. The van der Waals surface area contributed by atoms with Crippen LogP contribution in [0.1, 0.15) is 41.0 Å². The molecule has 2 aromatic carbocycles. The monoisotopic (exact) mass is 590 g/mol. The highest BCUT2D eigenvalue weighted by atomic mass is 31.2. The molecule has 6 atom stereocenters. The van der Waals surface area contributed by atoms with Gasteiger partial charge in [0, 0.05) is 18.0 Å². The first kappa shape index (κ1) is 30.6. The second-order valence-electron chi connectivity index (χ2n) is 10.5. The third-order valence-electron chi connectivity index (χ3n) is 7.12. The van der Waals surface area contributed by atoms with Gasteiger partial charge in [0.2, 0.25) is 0 Å². The summed E-state index contributed by atoms with van der Waals surface area (Å²) in [5.74, 6) is -0.343. The maximum Gasteiger partial charge on any atom is 0.459 e. The zero-order valence-electron chi connectivity index (χ0n) is 23.7. The lowest BCUT2D eigenvalue weighted by atomic mass is 9.83. The zero-order valence-corrected chi connectivity index (χ0v) is 24.5. The number of anilines is 1. The molecule has 4 rings (SSSR count). The van der Waals surface area contributed by atoms with Crippen LogP contribution in [0.5, 0.6) is 5.75 Å². The molecule has 0 bridgehead atoms. The van der Waals surface area contributed by atoms with E-state index in [1.165, 1.54) is 23.8 Å². The van der Waals surface area contributed by atoms with Crippen LogP contribution in [0.15, 0.2) is 59.5 Å². The summed E-state index contributed by atoms with van der Waals surface area (Å²) in [5.41, 5.74) is 3.53. The highest BCUT2D eigenvalue weighted by Gasteiger charge is 2.49. The number of alkyl halides is 1. The van der Waals surface area contributed by atoms with Gasteiger partial charge < -0.3 is 19.7 Å². The molecule has 222 valence electrons. The summed E-state index contributed by atoms with van der Waals surface area (Å²) in [7, 11) is -4.24. The summed E-state index contributed by atoms with van der Waals surface area (Å²) in [4.78, 5) is 28.7. The number of halogens is 1. The van der Waals surface area contributed by atoms with Crippen molar-refractivity contribution in [1.29, 1.82) is 0 Å². The Morgan fingerprint density at radius 2 is 1.95 bits per heavy atom. The fourth-order valence-corrected chi connectivity index (χ4v) is 6.28. The first-order chi connectivity index (χ1) is 19.3. The van der Waals surface area contributed by atoms with Gasteiger partial charge in [-0.2, -0.15) is 10.1 Å². The van der Waals surface area contributed by atoms with E-state index in [-0.39, 0.29) is 30.7 Å². The predicted molar refractivity (Wildman–Crippen MR) is 152 cm³/mol. The molecule has 3 aromatic rings. The molecule has 13 heteroatoms. The minimum absolute atomic E-state index is 0.0295. The molecular weight excluding hydrogens is 554 g/mol. The Morgan fingerprint density at radius 3 is 2.63 bits per heavy atom. The number of rotatable bonds is 10. The van der Waals surface area contributed by atoms with Gasteiger partial charge in [0.1, 0.15) is 29.3 Å². The van der Waals surface area contributed by atoms with Crippen LogP contribution < -0.4 is 21.0 Å². The van der Waals surface area contributed by atoms with E-state index in [0.717, 1.165) is 5.39 Å². The third kappa shape index (κ3) is 6.78. The quantitative estimate of drug-likeness (QED) is 0.258. The standard InChI is InChI=1S/C28H36FN4O7P/c1-17(2)38-26(34)18(3)32-41(36,40-23-12-8-10-20-9-6-7-11-22(20)23)37-16-21-15-24(29)28(5,19(4)39-21)33-14-13-25(30)31-27(33)35/h6-14,17-19,21,24H,15-16H2,1-5H3,(H,32,36)(H2,30,31,35). The Labute approximate surface area is 237 Å². The van der Waals surface area contributed by atoms with Gasteiger partial charge in [0.25, 0.3) is 0 Å². The molecule has 41 heavy (non-hydrogen) atoms. The van der Waals surface area contributed by atoms with Crippen LogP contribution in [-0.2, 0) is 28.9 Å². The molecular formula is C28H36FN4O7P. The van der Waals surface area contributed by atoms with Crippen LogP contribution in [-0.4, -0.2) is 52.7 Å². The number of esters is 1.